The van der Waals surface area contributed by atoms with Gasteiger partial charge in [0.1, 0.15) is 4.33 Å². The van der Waals surface area contributed by atoms with Gasteiger partial charge in [0.25, 0.3) is 5.91 Å². The molecule has 0 radical (unpaired) electrons. The van der Waals surface area contributed by atoms with Gasteiger partial charge in [0.15, 0.2) is 0 Å². The number of alkyl halides is 2. The van der Waals surface area contributed by atoms with E-state index in [0.717, 1.165) is 5.01 Å². The molecule has 2 aromatic carbocycles. The van der Waals surface area contributed by atoms with E-state index >= 15 is 0 Å². The molecule has 1 fully saturated rings. The number of nitrogens with zero attached hydrogens (tertiary/aromatic N) is 1. The quantitative estimate of drug-likeness (QED) is 0.318. The summed E-state index contributed by atoms with van der Waals surface area (Å²) < 4.78 is -1.31. The van der Waals surface area contributed by atoms with Crippen LogP contribution < -0.4 is 10.6 Å². The van der Waals surface area contributed by atoms with Crippen LogP contribution in [0.2, 0.25) is 15.1 Å². The van der Waals surface area contributed by atoms with E-state index in [1.807, 2.05) is 5.38 Å². The number of nitrogens with one attached hydrogen (secondary N) is 2. The molecule has 2 unspecified atom stereocenters. The lowest BCUT2D eigenvalue weighted by atomic mass is 10.1. The number of carbonyl (C=O) groups excluding carboxylic acids is 2. The second kappa shape index (κ2) is 9.98. The summed E-state index contributed by atoms with van der Waals surface area (Å²) >= 11 is 32.7. The second-order valence-corrected chi connectivity index (χ2v) is 11.2. The molecule has 0 saturated heterocycles. The molecule has 5 nitrogen and oxygen atoms in total. The Morgan fingerprint density at radius 1 is 1.06 bits per heavy atom. The van der Waals surface area contributed by atoms with Crippen LogP contribution in [0, 0.1) is 5.92 Å². The third kappa shape index (κ3) is 5.59. The molecular weight excluding hydrogens is 548 g/mol. The summed E-state index contributed by atoms with van der Waals surface area (Å²) in [4.78, 5) is 29.7. The van der Waals surface area contributed by atoms with Gasteiger partial charge in [-0.25, -0.2) is 4.98 Å². The molecule has 0 bridgehead atoms. The summed E-state index contributed by atoms with van der Waals surface area (Å²) in [5.41, 5.74) is 1.31. The van der Waals surface area contributed by atoms with Crippen LogP contribution in [0.1, 0.15) is 26.8 Å². The fourth-order valence-corrected chi connectivity index (χ4v) is 5.77. The van der Waals surface area contributed by atoms with Gasteiger partial charge < -0.3 is 10.6 Å². The van der Waals surface area contributed by atoms with E-state index in [1.54, 1.807) is 36.5 Å². The Morgan fingerprint density at radius 2 is 1.79 bits per heavy atom. The molecule has 2 atom stereocenters. The van der Waals surface area contributed by atoms with Crippen LogP contribution in [0.3, 0.4) is 0 Å². The molecule has 1 aliphatic rings. The molecule has 4 rings (SSSR count). The van der Waals surface area contributed by atoms with Gasteiger partial charge in [-0.05, 0) is 42.0 Å². The molecular formula is C22H16Cl5N3O2S. The summed E-state index contributed by atoms with van der Waals surface area (Å²) in [6.45, 7) is 0.409. The molecule has 2 N–H and O–H groups in total. The predicted molar refractivity (Wildman–Crippen MR) is 135 cm³/mol. The number of thiazole rings is 1. The molecule has 1 aliphatic carbocycles. The summed E-state index contributed by atoms with van der Waals surface area (Å²) in [5.74, 6) is -1.94. The molecule has 2 amide bonds. The maximum absolute atomic E-state index is 12.9. The van der Waals surface area contributed by atoms with Gasteiger partial charge in [0.05, 0.1) is 21.5 Å². The smallest absolute Gasteiger partial charge is 0.252 e. The first-order valence-corrected chi connectivity index (χ1v) is 12.5. The van der Waals surface area contributed by atoms with Crippen LogP contribution in [0.5, 0.6) is 0 Å². The SMILES string of the molecule is O=C(NCCc1nccs1)c1cc(NC(=O)C2C(c3cc(Cl)cc(Cl)c3)C2(Cl)Cl)ccc1Cl. The normalized spacial score (nSPS) is 18.6. The highest BCUT2D eigenvalue weighted by Gasteiger charge is 2.67. The van der Waals surface area contributed by atoms with Crippen molar-refractivity contribution in [2.24, 2.45) is 5.92 Å². The first kappa shape index (κ1) is 24.6. The Kier molecular flexibility index (Phi) is 7.44. The molecule has 1 heterocycles. The monoisotopic (exact) mass is 561 g/mol. The minimum atomic E-state index is -1.31. The Morgan fingerprint density at radius 3 is 2.45 bits per heavy atom. The summed E-state index contributed by atoms with van der Waals surface area (Å²) in [6.07, 6.45) is 2.33. The molecule has 172 valence electrons. The number of hydrogen-bond acceptors (Lipinski definition) is 4. The number of amides is 2. The minimum Gasteiger partial charge on any atom is -0.352 e. The molecule has 1 aromatic heterocycles. The second-order valence-electron chi connectivity index (χ2n) is 7.45. The number of anilines is 1. The van der Waals surface area contributed by atoms with Crippen LogP contribution in [0.25, 0.3) is 0 Å². The first-order chi connectivity index (χ1) is 15.7. The van der Waals surface area contributed by atoms with Crippen LogP contribution in [-0.4, -0.2) is 27.7 Å². The number of rotatable bonds is 7. The lowest BCUT2D eigenvalue weighted by molar-refractivity contribution is -0.117. The molecule has 11 heteroatoms. The van der Waals surface area contributed by atoms with Crippen molar-refractivity contribution in [3.05, 3.63) is 79.2 Å². The average molecular weight is 564 g/mol. The number of carbonyl (C=O) groups is 2. The van der Waals surface area contributed by atoms with Gasteiger partial charge in [0.2, 0.25) is 5.91 Å². The van der Waals surface area contributed by atoms with Crippen molar-refractivity contribution < 1.29 is 9.59 Å². The topological polar surface area (TPSA) is 71.1 Å². The zero-order chi connectivity index (χ0) is 23.8. The largest absolute Gasteiger partial charge is 0.352 e. The standard InChI is InChI=1S/C22H16Cl5N3O2S/c23-12-7-11(8-13(24)9-12)18-19(22(18,26)27)21(32)30-14-1-2-16(25)15(10-14)20(31)29-4-3-17-28-5-6-33-17/h1-2,5-10,18-19H,3-4H2,(H,29,31)(H,30,32). The lowest BCUT2D eigenvalue weighted by Gasteiger charge is -2.10. The van der Waals surface area contributed by atoms with Crippen LogP contribution in [-0.2, 0) is 11.2 Å². The van der Waals surface area contributed by atoms with Crippen molar-refractivity contribution in [2.45, 2.75) is 16.7 Å². The molecule has 3 aromatic rings. The van der Waals surface area contributed by atoms with Gasteiger partial charge in [-0.3, -0.25) is 9.59 Å². The highest BCUT2D eigenvalue weighted by atomic mass is 35.5. The highest BCUT2D eigenvalue weighted by molar-refractivity contribution is 7.09. The Labute approximate surface area is 219 Å². The summed E-state index contributed by atoms with van der Waals surface area (Å²) in [6, 6.07) is 9.61. The van der Waals surface area contributed by atoms with Crippen LogP contribution in [0.4, 0.5) is 5.69 Å². The Hall–Kier alpha value is -1.54. The zero-order valence-electron chi connectivity index (χ0n) is 16.7. The first-order valence-electron chi connectivity index (χ1n) is 9.77. The Balaban J connectivity index is 1.43. The fourth-order valence-electron chi connectivity index (χ4n) is 3.57. The third-order valence-corrected chi connectivity index (χ3v) is 7.71. The summed E-state index contributed by atoms with van der Waals surface area (Å²) in [7, 11) is 0. The van der Waals surface area contributed by atoms with E-state index in [4.69, 9.17) is 58.0 Å². The van der Waals surface area contributed by atoms with Crippen molar-refractivity contribution >= 4 is 86.8 Å². The molecule has 1 saturated carbocycles. The number of benzene rings is 2. The number of aromatic nitrogens is 1. The molecule has 33 heavy (non-hydrogen) atoms. The highest BCUT2D eigenvalue weighted by Crippen LogP contribution is 2.65. The van der Waals surface area contributed by atoms with Crippen molar-refractivity contribution in [2.75, 3.05) is 11.9 Å². The maximum Gasteiger partial charge on any atom is 0.252 e. The molecule has 0 aliphatic heterocycles. The van der Waals surface area contributed by atoms with Crippen molar-refractivity contribution in [1.82, 2.24) is 10.3 Å². The van der Waals surface area contributed by atoms with E-state index in [2.05, 4.69) is 15.6 Å². The van der Waals surface area contributed by atoms with Gasteiger partial charge in [-0.1, -0.05) is 34.8 Å². The van der Waals surface area contributed by atoms with Crippen LogP contribution >= 0.6 is 69.3 Å². The van der Waals surface area contributed by atoms with Crippen molar-refractivity contribution in [3.8, 4) is 0 Å². The van der Waals surface area contributed by atoms with Crippen molar-refractivity contribution in [1.29, 1.82) is 0 Å². The van der Waals surface area contributed by atoms with E-state index in [-0.39, 0.29) is 16.5 Å². The van der Waals surface area contributed by atoms with Gasteiger partial charge in [-0.15, -0.1) is 34.5 Å². The van der Waals surface area contributed by atoms with Gasteiger partial charge in [0, 0.05) is 46.2 Å². The van der Waals surface area contributed by atoms with Gasteiger partial charge >= 0.3 is 0 Å². The number of halogens is 5. The van der Waals surface area contributed by atoms with E-state index in [9.17, 15) is 9.59 Å². The van der Waals surface area contributed by atoms with Gasteiger partial charge in [-0.2, -0.15) is 0 Å². The van der Waals surface area contributed by atoms with E-state index < -0.39 is 22.1 Å². The van der Waals surface area contributed by atoms with E-state index in [1.165, 1.54) is 17.4 Å². The third-order valence-electron chi connectivity index (χ3n) is 5.17. The number of hydrogen-bond donors (Lipinski definition) is 2. The predicted octanol–water partition coefficient (Wildman–Crippen LogP) is 6.60. The molecule has 0 spiro atoms. The zero-order valence-corrected chi connectivity index (χ0v) is 21.3. The van der Waals surface area contributed by atoms with Crippen molar-refractivity contribution in [3.63, 3.8) is 0 Å². The summed E-state index contributed by atoms with van der Waals surface area (Å²) in [5, 5.41) is 9.50. The van der Waals surface area contributed by atoms with E-state index in [0.29, 0.717) is 34.3 Å². The minimum absolute atomic E-state index is 0.241. The average Bonchev–Trinajstić information content (AvgIpc) is 3.06. The maximum atomic E-state index is 12.9. The fraction of sp³-hybridized carbons (Fsp3) is 0.227. The lowest BCUT2D eigenvalue weighted by Crippen LogP contribution is -2.26. The Bertz CT molecular complexity index is 1180. The van der Waals surface area contributed by atoms with Crippen LogP contribution in [0.15, 0.2) is 48.0 Å².